The molecule has 0 aliphatic rings. The summed E-state index contributed by atoms with van der Waals surface area (Å²) < 4.78 is 7.14. The summed E-state index contributed by atoms with van der Waals surface area (Å²) in [5.41, 5.74) is 4.29. The molecule has 0 radical (unpaired) electrons. The van der Waals surface area contributed by atoms with E-state index in [1.807, 2.05) is 43.1 Å². The van der Waals surface area contributed by atoms with Gasteiger partial charge in [0.15, 0.2) is 5.76 Å². The summed E-state index contributed by atoms with van der Waals surface area (Å²) in [6.45, 7) is 2.50. The fourth-order valence-corrected chi connectivity index (χ4v) is 2.58. The van der Waals surface area contributed by atoms with Crippen LogP contribution in [-0.4, -0.2) is 37.0 Å². The van der Waals surface area contributed by atoms with E-state index in [0.29, 0.717) is 12.2 Å². The summed E-state index contributed by atoms with van der Waals surface area (Å²) >= 11 is 0. The van der Waals surface area contributed by atoms with E-state index in [-0.39, 0.29) is 0 Å². The van der Waals surface area contributed by atoms with Crippen molar-refractivity contribution in [3.63, 3.8) is 0 Å². The standard InChI is InChI=1S/C16H15N7O/c1-11-7-15(16-19-18-10-23(16)20-11)22(2)9-13-8-14(21-24-13)12-3-5-17-6-4-12/h3-8,10H,9H2,1-2H3. The van der Waals surface area contributed by atoms with E-state index < -0.39 is 0 Å². The van der Waals surface area contributed by atoms with Crippen molar-refractivity contribution in [3.8, 4) is 11.3 Å². The Morgan fingerprint density at radius 3 is 2.88 bits per heavy atom. The maximum absolute atomic E-state index is 5.46. The van der Waals surface area contributed by atoms with Crippen molar-refractivity contribution < 1.29 is 4.52 Å². The molecule has 4 aromatic rings. The van der Waals surface area contributed by atoms with Gasteiger partial charge < -0.3 is 9.42 Å². The Kier molecular flexibility index (Phi) is 3.42. The number of aromatic nitrogens is 6. The molecule has 4 rings (SSSR count). The van der Waals surface area contributed by atoms with E-state index in [9.17, 15) is 0 Å². The average Bonchev–Trinajstić information content (AvgIpc) is 3.24. The van der Waals surface area contributed by atoms with Crippen LogP contribution < -0.4 is 4.90 Å². The molecule has 0 bridgehead atoms. The lowest BCUT2D eigenvalue weighted by Gasteiger charge is -2.18. The minimum atomic E-state index is 0.560. The average molecular weight is 321 g/mol. The Labute approximate surface area is 137 Å². The smallest absolute Gasteiger partial charge is 0.200 e. The van der Waals surface area contributed by atoms with Crippen LogP contribution in [0, 0.1) is 6.92 Å². The lowest BCUT2D eigenvalue weighted by Crippen LogP contribution is -2.17. The summed E-state index contributed by atoms with van der Waals surface area (Å²) in [5.74, 6) is 0.761. The van der Waals surface area contributed by atoms with Crippen molar-refractivity contribution >= 4 is 11.3 Å². The van der Waals surface area contributed by atoms with Crippen LogP contribution in [0.5, 0.6) is 0 Å². The van der Waals surface area contributed by atoms with E-state index in [4.69, 9.17) is 4.52 Å². The second kappa shape index (κ2) is 5.73. The monoisotopic (exact) mass is 321 g/mol. The number of anilines is 1. The first-order valence-corrected chi connectivity index (χ1v) is 7.45. The highest BCUT2D eigenvalue weighted by molar-refractivity contribution is 5.68. The second-order valence-corrected chi connectivity index (χ2v) is 5.54. The molecule has 0 fully saturated rings. The van der Waals surface area contributed by atoms with Crippen LogP contribution in [0.4, 0.5) is 5.69 Å². The van der Waals surface area contributed by atoms with Gasteiger partial charge in [0.1, 0.15) is 12.0 Å². The van der Waals surface area contributed by atoms with Gasteiger partial charge in [0, 0.05) is 31.1 Å². The number of aryl methyl sites for hydroxylation is 1. The molecule has 0 N–H and O–H groups in total. The molecule has 120 valence electrons. The predicted molar refractivity (Wildman–Crippen MR) is 87.4 cm³/mol. The van der Waals surface area contributed by atoms with Gasteiger partial charge in [-0.3, -0.25) is 4.98 Å². The van der Waals surface area contributed by atoms with Gasteiger partial charge in [-0.25, -0.2) is 0 Å². The molecule has 0 saturated heterocycles. The first-order valence-electron chi connectivity index (χ1n) is 7.45. The normalized spacial score (nSPS) is 11.1. The zero-order valence-corrected chi connectivity index (χ0v) is 13.3. The van der Waals surface area contributed by atoms with E-state index in [1.165, 1.54) is 0 Å². The Balaban J connectivity index is 1.61. The lowest BCUT2D eigenvalue weighted by molar-refractivity contribution is 0.385. The molecular formula is C16H15N7O. The number of nitrogens with zero attached hydrogens (tertiary/aromatic N) is 7. The van der Waals surface area contributed by atoms with Crippen LogP contribution in [0.2, 0.25) is 0 Å². The van der Waals surface area contributed by atoms with Crippen LogP contribution in [0.15, 0.2) is 47.5 Å². The highest BCUT2D eigenvalue weighted by atomic mass is 16.5. The Morgan fingerprint density at radius 1 is 1.21 bits per heavy atom. The molecular weight excluding hydrogens is 306 g/mol. The van der Waals surface area contributed by atoms with Gasteiger partial charge in [0.05, 0.1) is 17.9 Å². The van der Waals surface area contributed by atoms with Crippen LogP contribution in [0.25, 0.3) is 16.9 Å². The Bertz CT molecular complexity index is 976. The molecule has 24 heavy (non-hydrogen) atoms. The molecule has 8 heteroatoms. The van der Waals surface area contributed by atoms with Crippen molar-refractivity contribution in [2.45, 2.75) is 13.5 Å². The molecule has 4 heterocycles. The third-order valence-corrected chi connectivity index (χ3v) is 3.71. The molecule has 4 aromatic heterocycles. The molecule has 0 amide bonds. The summed E-state index contributed by atoms with van der Waals surface area (Å²) in [4.78, 5) is 6.05. The van der Waals surface area contributed by atoms with E-state index in [0.717, 1.165) is 28.4 Å². The van der Waals surface area contributed by atoms with Crippen molar-refractivity contribution in [3.05, 3.63) is 54.4 Å². The fraction of sp³-hybridized carbons (Fsp3) is 0.188. The minimum absolute atomic E-state index is 0.560. The number of pyridine rings is 1. The largest absolute Gasteiger partial charge is 0.364 e. The number of hydrogen-bond donors (Lipinski definition) is 0. The highest BCUT2D eigenvalue weighted by Gasteiger charge is 2.14. The maximum atomic E-state index is 5.46. The van der Waals surface area contributed by atoms with Gasteiger partial charge in [-0.05, 0) is 25.1 Å². The van der Waals surface area contributed by atoms with Crippen molar-refractivity contribution in [1.82, 2.24) is 30.0 Å². The quantitative estimate of drug-likeness (QED) is 0.569. The van der Waals surface area contributed by atoms with Gasteiger partial charge in [-0.1, -0.05) is 5.16 Å². The predicted octanol–water partition coefficient (Wildman–Crippen LogP) is 2.12. The van der Waals surface area contributed by atoms with Crippen LogP contribution in [-0.2, 0) is 6.54 Å². The molecule has 0 saturated carbocycles. The first-order chi connectivity index (χ1) is 11.7. The molecule has 0 unspecified atom stereocenters. The first kappa shape index (κ1) is 14.3. The number of fused-ring (bicyclic) bond motifs is 1. The van der Waals surface area contributed by atoms with E-state index >= 15 is 0 Å². The van der Waals surface area contributed by atoms with Crippen LogP contribution in [0.3, 0.4) is 0 Å². The van der Waals surface area contributed by atoms with Gasteiger partial charge in [0.2, 0.25) is 5.65 Å². The maximum Gasteiger partial charge on any atom is 0.200 e. The molecule has 8 nitrogen and oxygen atoms in total. The van der Waals surface area contributed by atoms with Crippen LogP contribution >= 0.6 is 0 Å². The molecule has 0 spiro atoms. The molecule has 0 aliphatic heterocycles. The van der Waals surface area contributed by atoms with Crippen molar-refractivity contribution in [2.24, 2.45) is 0 Å². The van der Waals surface area contributed by atoms with Gasteiger partial charge >= 0.3 is 0 Å². The second-order valence-electron chi connectivity index (χ2n) is 5.54. The van der Waals surface area contributed by atoms with E-state index in [2.05, 4.69) is 25.4 Å². The summed E-state index contributed by atoms with van der Waals surface area (Å²) in [6, 6.07) is 7.71. The molecule has 0 atom stereocenters. The van der Waals surface area contributed by atoms with E-state index in [1.54, 1.807) is 23.2 Å². The van der Waals surface area contributed by atoms with Crippen molar-refractivity contribution in [2.75, 3.05) is 11.9 Å². The lowest BCUT2D eigenvalue weighted by atomic mass is 10.2. The Hall–Kier alpha value is -3.29. The summed E-state index contributed by atoms with van der Waals surface area (Å²) in [5, 5.41) is 16.5. The number of hydrogen-bond acceptors (Lipinski definition) is 7. The topological polar surface area (TPSA) is 85.2 Å². The van der Waals surface area contributed by atoms with Crippen molar-refractivity contribution in [1.29, 1.82) is 0 Å². The number of rotatable bonds is 4. The SMILES string of the molecule is Cc1cc(N(C)Cc2cc(-c3ccncc3)no2)c2nncn2n1. The zero-order valence-electron chi connectivity index (χ0n) is 13.3. The fourth-order valence-electron chi connectivity index (χ4n) is 2.58. The summed E-state index contributed by atoms with van der Waals surface area (Å²) in [6.07, 6.45) is 5.06. The third kappa shape index (κ3) is 2.58. The van der Waals surface area contributed by atoms with Crippen LogP contribution in [0.1, 0.15) is 11.5 Å². The van der Waals surface area contributed by atoms with Gasteiger partial charge in [-0.15, -0.1) is 10.2 Å². The highest BCUT2D eigenvalue weighted by Crippen LogP contribution is 2.23. The minimum Gasteiger partial charge on any atom is -0.364 e. The zero-order chi connectivity index (χ0) is 16.5. The summed E-state index contributed by atoms with van der Waals surface area (Å²) in [7, 11) is 1.97. The molecule has 0 aromatic carbocycles. The molecule has 0 aliphatic carbocycles. The third-order valence-electron chi connectivity index (χ3n) is 3.71. The van der Waals surface area contributed by atoms with Gasteiger partial charge in [-0.2, -0.15) is 9.61 Å². The van der Waals surface area contributed by atoms with Gasteiger partial charge in [0.25, 0.3) is 0 Å². The Morgan fingerprint density at radius 2 is 2.04 bits per heavy atom.